The molecule has 6 aliphatic heterocycles. The number of piperazine rings is 1. The first-order chi connectivity index (χ1) is 36.0. The predicted molar refractivity (Wildman–Crippen MR) is 275 cm³/mol. The second-order valence-electron chi connectivity index (χ2n) is 19.3. The largest absolute Gasteiger partial charge is 0.491 e. The van der Waals surface area contributed by atoms with Gasteiger partial charge in [0.15, 0.2) is 0 Å². The van der Waals surface area contributed by atoms with E-state index in [-0.39, 0.29) is 51.3 Å². The molecule has 0 saturated carbocycles. The Kier molecular flexibility index (Phi) is 13.5. The average Bonchev–Trinajstić information content (AvgIpc) is 4.23. The van der Waals surface area contributed by atoms with Crippen molar-refractivity contribution in [2.75, 3.05) is 44.9 Å². The molecule has 16 nitrogen and oxygen atoms in total. The summed E-state index contributed by atoms with van der Waals surface area (Å²) in [4.78, 5) is 92.2. The zero-order valence-electron chi connectivity index (χ0n) is 40.1. The van der Waals surface area contributed by atoms with Gasteiger partial charge in [-0.25, -0.2) is 0 Å². The Hall–Kier alpha value is -7.09. The van der Waals surface area contributed by atoms with Crippen LogP contribution in [0.3, 0.4) is 0 Å². The molecule has 0 unspecified atom stereocenters. The molecule has 3 amide bonds. The highest BCUT2D eigenvalue weighted by Gasteiger charge is 2.74. The van der Waals surface area contributed by atoms with Gasteiger partial charge in [-0.15, -0.1) is 0 Å². The molecule has 0 aliphatic carbocycles. The SMILES string of the molecule is C=CCOC(=O)[C@H]1[C@@H]2C(=O)O[C@@H](c3ccccc3)[C@@H](c3ccccc3)N2[C@@H](c2ccc(OCCOC(=O)[C@H]3C[C@H]4C(=O)N5CCC[C@H]5C(=O)N4[C@H]3c3cccc(OCCO)c3)cc2)[C@]12C(=O)Nc1ccc(I)cc12. The summed E-state index contributed by atoms with van der Waals surface area (Å²) in [6.45, 7) is 3.74. The van der Waals surface area contributed by atoms with Crippen LogP contribution in [-0.2, 0) is 48.4 Å². The number of carbonyl (C=O) groups excluding carboxylic acids is 6. The third-order valence-corrected chi connectivity index (χ3v) is 16.0. The first-order valence-electron chi connectivity index (χ1n) is 24.9. The number of aliphatic hydroxyl groups excluding tert-OH is 1. The van der Waals surface area contributed by atoms with Crippen LogP contribution >= 0.6 is 22.6 Å². The first kappa shape index (κ1) is 49.1. The van der Waals surface area contributed by atoms with Crippen LogP contribution in [0.4, 0.5) is 5.69 Å². The summed E-state index contributed by atoms with van der Waals surface area (Å²) in [5.41, 5.74) is 2.10. The van der Waals surface area contributed by atoms with Gasteiger partial charge in [0.05, 0.1) is 30.7 Å². The Morgan fingerprint density at radius 3 is 2.22 bits per heavy atom. The lowest BCUT2D eigenvalue weighted by Crippen LogP contribution is -2.60. The molecular formula is C57H53IN4O12. The topological polar surface area (TPSA) is 191 Å². The number of nitrogens with one attached hydrogen (secondary N) is 1. The van der Waals surface area contributed by atoms with Crippen LogP contribution in [0.15, 0.2) is 140 Å². The fourth-order valence-corrected chi connectivity index (χ4v) is 13.0. The van der Waals surface area contributed by atoms with Crippen molar-refractivity contribution in [3.8, 4) is 11.5 Å². The second kappa shape index (κ2) is 20.3. The van der Waals surface area contributed by atoms with Crippen molar-refractivity contribution in [3.63, 3.8) is 0 Å². The van der Waals surface area contributed by atoms with Gasteiger partial charge in [-0.2, -0.15) is 0 Å². The quantitative estimate of drug-likeness (QED) is 0.0378. The maximum Gasteiger partial charge on any atom is 0.325 e. The van der Waals surface area contributed by atoms with E-state index in [9.17, 15) is 29.1 Å². The molecule has 1 spiro atoms. The molecule has 6 heterocycles. The summed E-state index contributed by atoms with van der Waals surface area (Å²) in [6.07, 6.45) is 1.97. The first-order valence-corrected chi connectivity index (χ1v) is 26.0. The van der Waals surface area contributed by atoms with Crippen molar-refractivity contribution in [1.82, 2.24) is 14.7 Å². The normalized spacial score (nSPS) is 27.7. The standard InChI is InChI=1S/C57H53IN4O12/c1-2-26-72-54(67)45-48-55(68)74-49(34-13-7-4-8-14-34)47(33-11-5-3-6-12-33)62(48)50(57(45)41-31-37(58)20-23-42(41)59-56(57)69)35-18-21-38(22-19-35)71-28-29-73-53(66)40-32-44-51(64)60-24-10-17-43(60)52(65)61(44)46(40)36-15-9-16-39(30-36)70-27-25-63/h2-9,11-16,18-23,30-31,40,43-50,63H,1,10,17,24-29,32H2,(H,59,69)/t40-,43-,44-,45+,46-,47+,48+,49-,50-,57+/m0/s1. The number of nitrogens with zero attached hydrogens (tertiary/aromatic N) is 3. The fourth-order valence-electron chi connectivity index (χ4n) is 12.5. The highest BCUT2D eigenvalue weighted by Crippen LogP contribution is 2.65. The van der Waals surface area contributed by atoms with Crippen LogP contribution in [0.25, 0.3) is 0 Å². The minimum Gasteiger partial charge on any atom is -0.491 e. The van der Waals surface area contributed by atoms with Gasteiger partial charge in [0.25, 0.3) is 0 Å². The van der Waals surface area contributed by atoms with Crippen LogP contribution in [0, 0.1) is 15.4 Å². The average molecular weight is 1110 g/mol. The molecule has 5 aromatic carbocycles. The van der Waals surface area contributed by atoms with Crippen molar-refractivity contribution in [1.29, 1.82) is 0 Å². The van der Waals surface area contributed by atoms with Crippen LogP contribution in [0.5, 0.6) is 11.5 Å². The molecule has 10 atom stereocenters. The van der Waals surface area contributed by atoms with E-state index in [1.165, 1.54) is 6.08 Å². The van der Waals surface area contributed by atoms with Crippen molar-refractivity contribution in [2.24, 2.45) is 11.8 Å². The summed E-state index contributed by atoms with van der Waals surface area (Å²) < 4.78 is 30.9. The number of amides is 3. The number of rotatable bonds is 15. The molecule has 5 saturated heterocycles. The van der Waals surface area contributed by atoms with Gasteiger partial charge < -0.3 is 43.9 Å². The lowest BCUT2D eigenvalue weighted by atomic mass is 9.65. The van der Waals surface area contributed by atoms with Gasteiger partial charge in [-0.1, -0.05) is 97.6 Å². The zero-order chi connectivity index (χ0) is 51.3. The van der Waals surface area contributed by atoms with E-state index in [1.807, 2.05) is 89.8 Å². The number of aliphatic hydroxyl groups is 1. The molecule has 5 fully saturated rings. The second-order valence-corrected chi connectivity index (χ2v) is 20.5. The summed E-state index contributed by atoms with van der Waals surface area (Å²) in [5, 5.41) is 12.5. The number of halogens is 1. The van der Waals surface area contributed by atoms with Gasteiger partial charge in [0.1, 0.15) is 73.5 Å². The number of hydrogen-bond acceptors (Lipinski definition) is 13. The summed E-state index contributed by atoms with van der Waals surface area (Å²) in [7, 11) is 0. The Balaban J connectivity index is 0.903. The molecule has 17 heteroatoms. The molecule has 6 aliphatic rings. The van der Waals surface area contributed by atoms with Crippen LogP contribution < -0.4 is 14.8 Å². The molecule has 2 N–H and O–H groups in total. The summed E-state index contributed by atoms with van der Waals surface area (Å²) in [5.74, 6) is -4.21. The van der Waals surface area contributed by atoms with Crippen molar-refractivity contribution in [3.05, 3.63) is 171 Å². The monoisotopic (exact) mass is 1110 g/mol. The van der Waals surface area contributed by atoms with Crippen LogP contribution in [-0.4, -0.2) is 113 Å². The van der Waals surface area contributed by atoms with E-state index in [1.54, 1.807) is 52.3 Å². The number of ether oxygens (including phenoxy) is 5. The molecule has 5 aromatic rings. The minimum atomic E-state index is -1.71. The molecule has 0 radical (unpaired) electrons. The van der Waals surface area contributed by atoms with E-state index in [4.69, 9.17) is 23.7 Å². The van der Waals surface area contributed by atoms with Crippen molar-refractivity contribution in [2.45, 2.75) is 67.0 Å². The van der Waals surface area contributed by atoms with E-state index in [2.05, 4.69) is 34.5 Å². The lowest BCUT2D eigenvalue weighted by molar-refractivity contribution is -0.180. The number of anilines is 1. The number of fused-ring (bicyclic) bond motifs is 5. The van der Waals surface area contributed by atoms with Crippen molar-refractivity contribution >= 4 is 63.9 Å². The van der Waals surface area contributed by atoms with E-state index >= 15 is 4.79 Å². The zero-order valence-corrected chi connectivity index (χ0v) is 42.3. The Bertz CT molecular complexity index is 3010. The van der Waals surface area contributed by atoms with E-state index < -0.39 is 83.4 Å². The maximum absolute atomic E-state index is 15.2. The summed E-state index contributed by atoms with van der Waals surface area (Å²) >= 11 is 2.18. The van der Waals surface area contributed by atoms with Gasteiger partial charge in [0, 0.05) is 15.8 Å². The number of esters is 3. The number of cyclic esters (lactones) is 1. The highest BCUT2D eigenvalue weighted by atomic mass is 127. The number of hydrogen-bond donors (Lipinski definition) is 2. The van der Waals surface area contributed by atoms with Crippen molar-refractivity contribution < 1.29 is 57.6 Å². The van der Waals surface area contributed by atoms with Crippen LogP contribution in [0.2, 0.25) is 0 Å². The van der Waals surface area contributed by atoms with Crippen LogP contribution in [0.1, 0.15) is 71.3 Å². The maximum atomic E-state index is 15.2. The van der Waals surface area contributed by atoms with Gasteiger partial charge in [-0.05, 0) is 112 Å². The highest BCUT2D eigenvalue weighted by molar-refractivity contribution is 14.1. The number of benzene rings is 5. The molecule has 0 bridgehead atoms. The minimum absolute atomic E-state index is 0.0541. The number of morpholine rings is 1. The van der Waals surface area contributed by atoms with Gasteiger partial charge in [-0.3, -0.25) is 33.7 Å². The Morgan fingerprint density at radius 1 is 0.743 bits per heavy atom. The van der Waals surface area contributed by atoms with E-state index in [0.717, 1.165) is 21.1 Å². The Labute approximate surface area is 440 Å². The lowest BCUT2D eigenvalue weighted by Gasteiger charge is -2.46. The smallest absolute Gasteiger partial charge is 0.325 e. The molecule has 11 rings (SSSR count). The van der Waals surface area contributed by atoms with Gasteiger partial charge in [0.2, 0.25) is 17.7 Å². The van der Waals surface area contributed by atoms with Gasteiger partial charge >= 0.3 is 17.9 Å². The van der Waals surface area contributed by atoms with E-state index in [0.29, 0.717) is 46.8 Å². The molecule has 0 aromatic heterocycles. The third kappa shape index (κ3) is 8.28. The summed E-state index contributed by atoms with van der Waals surface area (Å²) in [6, 6.07) is 33.6. The molecular weight excluding hydrogens is 1060 g/mol. The predicted octanol–water partition coefficient (Wildman–Crippen LogP) is 6.55. The third-order valence-electron chi connectivity index (χ3n) is 15.4. The molecule has 74 heavy (non-hydrogen) atoms. The Morgan fingerprint density at radius 2 is 1.47 bits per heavy atom. The molecule has 380 valence electrons. The number of carbonyl (C=O) groups is 6. The fraction of sp³-hybridized carbons (Fsp3) is 0.333.